The molecule has 4 nitrogen and oxygen atoms in total. The van der Waals surface area contributed by atoms with Gasteiger partial charge in [0.15, 0.2) is 5.69 Å². The molecule has 2 aromatic heterocycles. The van der Waals surface area contributed by atoms with Crippen molar-refractivity contribution < 1.29 is 4.79 Å². The van der Waals surface area contributed by atoms with Gasteiger partial charge in [-0.3, -0.25) is 4.79 Å². The summed E-state index contributed by atoms with van der Waals surface area (Å²) >= 11 is 0. The summed E-state index contributed by atoms with van der Waals surface area (Å²) in [5.41, 5.74) is 2.58. The number of benzene rings is 1. The lowest BCUT2D eigenvalue weighted by Crippen LogP contribution is -2.27. The number of carbonyl (C=O) groups excluding carboxylic acids is 1. The van der Waals surface area contributed by atoms with E-state index in [2.05, 4.69) is 29.5 Å². The number of rotatable bonds is 4. The molecule has 106 valence electrons. The van der Waals surface area contributed by atoms with E-state index in [1.807, 2.05) is 42.6 Å². The van der Waals surface area contributed by atoms with E-state index in [9.17, 15) is 4.79 Å². The molecule has 0 radical (unpaired) electrons. The summed E-state index contributed by atoms with van der Waals surface area (Å²) in [6, 6.07) is 17.7. The Morgan fingerprint density at radius 1 is 1.19 bits per heavy atom. The predicted octanol–water partition coefficient (Wildman–Crippen LogP) is 2.87. The van der Waals surface area contributed by atoms with Crippen molar-refractivity contribution >= 4 is 11.4 Å². The normalized spacial score (nSPS) is 12.2. The zero-order valence-electron chi connectivity index (χ0n) is 11.9. The standard InChI is InChI=1S/C17H17N3O/c1-13(14-7-3-2-4-8-14)12-18-17(21)16-11-15-9-5-6-10-20(15)19-16/h2-11,13H,12H2,1H3,(H,18,21)/t13-/m0/s1. The highest BCUT2D eigenvalue weighted by Gasteiger charge is 2.12. The van der Waals surface area contributed by atoms with Gasteiger partial charge in [-0.05, 0) is 29.7 Å². The van der Waals surface area contributed by atoms with Gasteiger partial charge in [0, 0.05) is 12.7 Å². The monoisotopic (exact) mass is 279 g/mol. The van der Waals surface area contributed by atoms with Gasteiger partial charge in [-0.2, -0.15) is 5.10 Å². The lowest BCUT2D eigenvalue weighted by molar-refractivity contribution is 0.0946. The minimum Gasteiger partial charge on any atom is -0.350 e. The molecule has 3 aromatic rings. The molecule has 0 aliphatic rings. The van der Waals surface area contributed by atoms with Crippen LogP contribution in [0.2, 0.25) is 0 Å². The first-order valence-electron chi connectivity index (χ1n) is 7.01. The summed E-state index contributed by atoms with van der Waals surface area (Å²) in [7, 11) is 0. The van der Waals surface area contributed by atoms with Crippen molar-refractivity contribution in [2.24, 2.45) is 0 Å². The zero-order valence-corrected chi connectivity index (χ0v) is 11.9. The SMILES string of the molecule is C[C@@H](CNC(=O)c1cc2ccccn2n1)c1ccccc1. The summed E-state index contributed by atoms with van der Waals surface area (Å²) < 4.78 is 1.70. The molecule has 1 atom stereocenters. The Morgan fingerprint density at radius 2 is 1.95 bits per heavy atom. The maximum absolute atomic E-state index is 12.2. The minimum absolute atomic E-state index is 0.138. The van der Waals surface area contributed by atoms with Gasteiger partial charge >= 0.3 is 0 Å². The number of carbonyl (C=O) groups is 1. The maximum Gasteiger partial charge on any atom is 0.271 e. The average molecular weight is 279 g/mol. The first-order chi connectivity index (χ1) is 10.2. The number of pyridine rings is 1. The Morgan fingerprint density at radius 3 is 2.71 bits per heavy atom. The number of hydrogen-bond donors (Lipinski definition) is 1. The van der Waals surface area contributed by atoms with Crippen molar-refractivity contribution in [3.63, 3.8) is 0 Å². The Balaban J connectivity index is 1.66. The van der Waals surface area contributed by atoms with E-state index < -0.39 is 0 Å². The summed E-state index contributed by atoms with van der Waals surface area (Å²) in [6.45, 7) is 2.69. The fourth-order valence-electron chi connectivity index (χ4n) is 2.28. The first kappa shape index (κ1) is 13.4. The molecule has 0 spiro atoms. The number of fused-ring (bicyclic) bond motifs is 1. The largest absolute Gasteiger partial charge is 0.350 e. The van der Waals surface area contributed by atoms with Gasteiger partial charge in [-0.25, -0.2) is 4.52 Å². The third-order valence-electron chi connectivity index (χ3n) is 3.54. The Kier molecular flexibility index (Phi) is 3.69. The van der Waals surface area contributed by atoms with Crippen LogP contribution in [0.1, 0.15) is 28.9 Å². The third-order valence-corrected chi connectivity index (χ3v) is 3.54. The molecule has 1 aromatic carbocycles. The van der Waals surface area contributed by atoms with E-state index in [0.717, 1.165) is 5.52 Å². The highest BCUT2D eigenvalue weighted by Crippen LogP contribution is 2.13. The number of aromatic nitrogens is 2. The molecule has 21 heavy (non-hydrogen) atoms. The minimum atomic E-state index is -0.138. The summed E-state index contributed by atoms with van der Waals surface area (Å²) in [4.78, 5) is 12.2. The van der Waals surface area contributed by atoms with Gasteiger partial charge in [0.25, 0.3) is 5.91 Å². The number of hydrogen-bond acceptors (Lipinski definition) is 2. The van der Waals surface area contributed by atoms with Crippen LogP contribution in [0.5, 0.6) is 0 Å². The van der Waals surface area contributed by atoms with Crippen LogP contribution in [-0.2, 0) is 0 Å². The summed E-state index contributed by atoms with van der Waals surface area (Å²) in [5, 5.41) is 7.21. The van der Waals surface area contributed by atoms with E-state index in [1.165, 1.54) is 5.56 Å². The van der Waals surface area contributed by atoms with Crippen molar-refractivity contribution in [2.75, 3.05) is 6.54 Å². The fourth-order valence-corrected chi connectivity index (χ4v) is 2.28. The summed E-state index contributed by atoms with van der Waals surface area (Å²) in [6.07, 6.45) is 1.83. The van der Waals surface area contributed by atoms with Crippen molar-refractivity contribution in [1.82, 2.24) is 14.9 Å². The molecular formula is C17H17N3O. The van der Waals surface area contributed by atoms with Crippen molar-refractivity contribution in [2.45, 2.75) is 12.8 Å². The number of amides is 1. The van der Waals surface area contributed by atoms with Crippen LogP contribution in [0, 0.1) is 0 Å². The predicted molar refractivity (Wildman–Crippen MR) is 82.4 cm³/mol. The van der Waals surface area contributed by atoms with Crippen LogP contribution in [0.4, 0.5) is 0 Å². The van der Waals surface area contributed by atoms with Crippen LogP contribution < -0.4 is 5.32 Å². The van der Waals surface area contributed by atoms with Crippen molar-refractivity contribution in [3.05, 3.63) is 72.1 Å². The van der Waals surface area contributed by atoms with Gasteiger partial charge in [-0.15, -0.1) is 0 Å². The number of nitrogens with one attached hydrogen (secondary N) is 1. The Bertz CT molecular complexity index is 716. The molecule has 0 saturated heterocycles. The summed E-state index contributed by atoms with van der Waals surface area (Å²) in [5.74, 6) is 0.133. The van der Waals surface area contributed by atoms with Crippen LogP contribution in [0.15, 0.2) is 60.8 Å². The fraction of sp³-hybridized carbons (Fsp3) is 0.176. The van der Waals surface area contributed by atoms with Crippen LogP contribution in [0.3, 0.4) is 0 Å². The molecule has 4 heteroatoms. The van der Waals surface area contributed by atoms with Gasteiger partial charge in [0.05, 0.1) is 5.52 Å². The molecule has 0 fully saturated rings. The molecule has 3 rings (SSSR count). The molecule has 0 aliphatic carbocycles. The molecule has 0 saturated carbocycles. The second kappa shape index (κ2) is 5.79. The quantitative estimate of drug-likeness (QED) is 0.798. The zero-order chi connectivity index (χ0) is 14.7. The smallest absolute Gasteiger partial charge is 0.271 e. The maximum atomic E-state index is 12.2. The van der Waals surface area contributed by atoms with E-state index in [4.69, 9.17) is 0 Å². The van der Waals surface area contributed by atoms with Gasteiger partial charge < -0.3 is 5.32 Å². The van der Waals surface area contributed by atoms with Gasteiger partial charge in [0.2, 0.25) is 0 Å². The Labute approximate surface area is 123 Å². The van der Waals surface area contributed by atoms with E-state index in [-0.39, 0.29) is 11.8 Å². The molecule has 1 N–H and O–H groups in total. The highest BCUT2D eigenvalue weighted by atomic mass is 16.1. The van der Waals surface area contributed by atoms with Crippen molar-refractivity contribution in [3.8, 4) is 0 Å². The molecular weight excluding hydrogens is 262 g/mol. The van der Waals surface area contributed by atoms with Crippen LogP contribution >= 0.6 is 0 Å². The lowest BCUT2D eigenvalue weighted by Gasteiger charge is -2.12. The molecule has 0 unspecified atom stereocenters. The molecule has 2 heterocycles. The lowest BCUT2D eigenvalue weighted by atomic mass is 10.0. The molecule has 1 amide bonds. The highest BCUT2D eigenvalue weighted by molar-refractivity contribution is 5.93. The third kappa shape index (κ3) is 2.94. The van der Waals surface area contributed by atoms with E-state index in [1.54, 1.807) is 10.6 Å². The number of nitrogens with zero attached hydrogens (tertiary/aromatic N) is 2. The topological polar surface area (TPSA) is 46.4 Å². The first-order valence-corrected chi connectivity index (χ1v) is 7.01. The van der Waals surface area contributed by atoms with Gasteiger partial charge in [-0.1, -0.05) is 43.3 Å². The van der Waals surface area contributed by atoms with Crippen LogP contribution in [-0.4, -0.2) is 22.1 Å². The van der Waals surface area contributed by atoms with E-state index in [0.29, 0.717) is 12.2 Å². The van der Waals surface area contributed by atoms with Gasteiger partial charge in [0.1, 0.15) is 0 Å². The molecule has 0 bridgehead atoms. The molecule has 0 aliphatic heterocycles. The second-order valence-electron chi connectivity index (χ2n) is 5.12. The Hall–Kier alpha value is -2.62. The second-order valence-corrected chi connectivity index (χ2v) is 5.12. The average Bonchev–Trinajstić information content (AvgIpc) is 2.97. The van der Waals surface area contributed by atoms with Crippen LogP contribution in [0.25, 0.3) is 5.52 Å². The van der Waals surface area contributed by atoms with E-state index >= 15 is 0 Å². The van der Waals surface area contributed by atoms with Crippen molar-refractivity contribution in [1.29, 1.82) is 0 Å².